The molecule has 1 amide bonds. The predicted octanol–water partition coefficient (Wildman–Crippen LogP) is 3.25. The summed E-state index contributed by atoms with van der Waals surface area (Å²) < 4.78 is 15.5. The van der Waals surface area contributed by atoms with Crippen molar-refractivity contribution in [1.29, 1.82) is 0 Å². The highest BCUT2D eigenvalue weighted by Crippen LogP contribution is 2.52. The fourth-order valence-electron chi connectivity index (χ4n) is 3.18. The van der Waals surface area contributed by atoms with Crippen LogP contribution in [0.4, 0.5) is 4.39 Å². The van der Waals surface area contributed by atoms with Crippen LogP contribution in [-0.4, -0.2) is 27.2 Å². The molecule has 2 atom stereocenters. The lowest BCUT2D eigenvalue weighted by molar-refractivity contribution is -0.212. The van der Waals surface area contributed by atoms with Crippen LogP contribution in [0.15, 0.2) is 60.7 Å². The van der Waals surface area contributed by atoms with E-state index in [4.69, 9.17) is 0 Å². The summed E-state index contributed by atoms with van der Waals surface area (Å²) in [6.07, 6.45) is 0. The average molecular weight is 313 g/mol. The smallest absolute Gasteiger partial charge is 0.266 e. The van der Waals surface area contributed by atoms with Crippen LogP contribution in [-0.2, 0) is 11.3 Å². The number of carbonyl (C=O) groups is 1. The van der Waals surface area contributed by atoms with Crippen molar-refractivity contribution >= 4 is 5.91 Å². The lowest BCUT2D eigenvalue weighted by atomic mass is 9.70. The van der Waals surface area contributed by atoms with Crippen LogP contribution in [0, 0.1) is 0 Å². The predicted molar refractivity (Wildman–Crippen MR) is 86.3 cm³/mol. The first-order chi connectivity index (χ1) is 10.9. The molecule has 0 aliphatic carbocycles. The Kier molecular flexibility index (Phi) is 3.72. The fraction of sp³-hybridized carbons (Fsp3) is 0.316. The van der Waals surface area contributed by atoms with E-state index in [1.54, 1.807) is 12.1 Å². The SMILES string of the molecule is CC(C)(O)[C@]1(F)C(=O)N(Cc2ccccc2)[C@H]1c1ccccc1. The van der Waals surface area contributed by atoms with E-state index in [1.165, 1.54) is 18.7 Å². The molecule has 120 valence electrons. The zero-order valence-corrected chi connectivity index (χ0v) is 13.2. The zero-order valence-electron chi connectivity index (χ0n) is 13.2. The molecule has 0 aromatic heterocycles. The highest BCUT2D eigenvalue weighted by Gasteiger charge is 2.69. The Bertz CT molecular complexity index is 696. The number of rotatable bonds is 4. The fourth-order valence-corrected chi connectivity index (χ4v) is 3.18. The zero-order chi connectivity index (χ0) is 16.7. The second kappa shape index (κ2) is 5.46. The van der Waals surface area contributed by atoms with Crippen molar-refractivity contribution in [2.45, 2.75) is 37.7 Å². The molecule has 2 aromatic carbocycles. The second-order valence-corrected chi connectivity index (χ2v) is 6.50. The number of hydrogen-bond acceptors (Lipinski definition) is 2. The van der Waals surface area contributed by atoms with Crippen LogP contribution >= 0.6 is 0 Å². The van der Waals surface area contributed by atoms with E-state index in [1.807, 2.05) is 48.5 Å². The van der Waals surface area contributed by atoms with E-state index in [0.717, 1.165) is 5.56 Å². The largest absolute Gasteiger partial charge is 0.386 e. The van der Waals surface area contributed by atoms with Crippen LogP contribution in [0.5, 0.6) is 0 Å². The first kappa shape index (κ1) is 15.7. The molecule has 1 fully saturated rings. The number of hydrogen-bond donors (Lipinski definition) is 1. The Hall–Kier alpha value is -2.20. The number of alkyl halides is 1. The van der Waals surface area contributed by atoms with Gasteiger partial charge in [0.25, 0.3) is 5.91 Å². The lowest BCUT2D eigenvalue weighted by Crippen LogP contribution is -2.73. The van der Waals surface area contributed by atoms with Gasteiger partial charge in [0.05, 0.1) is 0 Å². The van der Waals surface area contributed by atoms with Crippen LogP contribution in [0.25, 0.3) is 0 Å². The monoisotopic (exact) mass is 313 g/mol. The molecule has 0 radical (unpaired) electrons. The third-order valence-electron chi connectivity index (χ3n) is 4.46. The molecule has 4 heteroatoms. The maximum absolute atomic E-state index is 15.5. The van der Waals surface area contributed by atoms with Crippen molar-refractivity contribution in [2.24, 2.45) is 0 Å². The van der Waals surface area contributed by atoms with Crippen molar-refractivity contribution in [3.05, 3.63) is 71.8 Å². The van der Waals surface area contributed by atoms with Gasteiger partial charge in [0, 0.05) is 6.54 Å². The summed E-state index contributed by atoms with van der Waals surface area (Å²) in [5.74, 6) is -0.664. The Morgan fingerprint density at radius 1 is 1.09 bits per heavy atom. The Morgan fingerprint density at radius 3 is 2.13 bits per heavy atom. The third kappa shape index (κ3) is 2.43. The topological polar surface area (TPSA) is 40.5 Å². The van der Waals surface area contributed by atoms with Crippen LogP contribution in [0.3, 0.4) is 0 Å². The summed E-state index contributed by atoms with van der Waals surface area (Å²) in [7, 11) is 0. The summed E-state index contributed by atoms with van der Waals surface area (Å²) in [6.45, 7) is 3.02. The van der Waals surface area contributed by atoms with Gasteiger partial charge >= 0.3 is 0 Å². The standard InChI is InChI=1S/C19H20FNO2/c1-18(2,23)19(20)16(15-11-7-4-8-12-15)21(17(19)22)13-14-9-5-3-6-10-14/h3-12,16,23H,13H2,1-2H3/t16-,19+/m0/s1. The van der Waals surface area contributed by atoms with Crippen molar-refractivity contribution in [3.8, 4) is 0 Å². The molecule has 0 saturated carbocycles. The maximum atomic E-state index is 15.5. The second-order valence-electron chi connectivity index (χ2n) is 6.50. The molecule has 23 heavy (non-hydrogen) atoms. The minimum atomic E-state index is -2.32. The first-order valence-electron chi connectivity index (χ1n) is 7.67. The summed E-state index contributed by atoms with van der Waals surface area (Å²) in [5.41, 5.74) is -2.45. The van der Waals surface area contributed by atoms with Crippen LogP contribution in [0.2, 0.25) is 0 Å². The van der Waals surface area contributed by atoms with Gasteiger partial charge in [0.2, 0.25) is 5.67 Å². The molecule has 1 saturated heterocycles. The molecule has 1 aliphatic heterocycles. The Morgan fingerprint density at radius 2 is 1.61 bits per heavy atom. The van der Waals surface area contributed by atoms with Crippen molar-refractivity contribution < 1.29 is 14.3 Å². The van der Waals surface area contributed by atoms with Gasteiger partial charge in [-0.1, -0.05) is 60.7 Å². The molecular weight excluding hydrogens is 293 g/mol. The normalized spacial score (nSPS) is 24.4. The molecular formula is C19H20FNO2. The molecule has 2 aromatic rings. The minimum absolute atomic E-state index is 0.320. The lowest BCUT2D eigenvalue weighted by Gasteiger charge is -2.56. The molecule has 1 heterocycles. The molecule has 3 nitrogen and oxygen atoms in total. The van der Waals surface area contributed by atoms with Gasteiger partial charge in [-0.25, -0.2) is 4.39 Å². The van der Waals surface area contributed by atoms with Gasteiger partial charge in [-0.05, 0) is 25.0 Å². The number of β-lactam (4-membered cyclic amide) rings is 1. The van der Waals surface area contributed by atoms with Gasteiger partial charge in [-0.15, -0.1) is 0 Å². The van der Waals surface area contributed by atoms with Gasteiger partial charge in [0.1, 0.15) is 11.6 Å². The van der Waals surface area contributed by atoms with Crippen LogP contribution in [0.1, 0.15) is 31.0 Å². The summed E-state index contributed by atoms with van der Waals surface area (Å²) in [4.78, 5) is 14.0. The van der Waals surface area contributed by atoms with E-state index in [-0.39, 0.29) is 0 Å². The summed E-state index contributed by atoms with van der Waals surface area (Å²) >= 11 is 0. The number of nitrogens with zero attached hydrogens (tertiary/aromatic N) is 1. The molecule has 3 rings (SSSR count). The Balaban J connectivity index is 1.98. The Labute approximate surface area is 135 Å². The van der Waals surface area contributed by atoms with E-state index in [2.05, 4.69) is 0 Å². The number of amides is 1. The molecule has 0 unspecified atom stereocenters. The van der Waals surface area contributed by atoms with Gasteiger partial charge in [-0.3, -0.25) is 4.79 Å². The average Bonchev–Trinajstić information content (AvgIpc) is 2.54. The van der Waals surface area contributed by atoms with E-state index < -0.39 is 23.2 Å². The first-order valence-corrected chi connectivity index (χ1v) is 7.67. The summed E-state index contributed by atoms with van der Waals surface area (Å²) in [6, 6.07) is 17.7. The molecule has 0 bridgehead atoms. The van der Waals surface area contributed by atoms with E-state index in [9.17, 15) is 9.90 Å². The highest BCUT2D eigenvalue weighted by atomic mass is 19.1. The molecule has 1 N–H and O–H groups in total. The number of aliphatic hydroxyl groups is 1. The van der Waals surface area contributed by atoms with Gasteiger partial charge in [-0.2, -0.15) is 0 Å². The van der Waals surface area contributed by atoms with Gasteiger partial charge < -0.3 is 10.0 Å². The quantitative estimate of drug-likeness (QED) is 0.880. The summed E-state index contributed by atoms with van der Waals surface area (Å²) in [5, 5.41) is 10.3. The number of benzene rings is 2. The van der Waals surface area contributed by atoms with Crippen molar-refractivity contribution in [3.63, 3.8) is 0 Å². The van der Waals surface area contributed by atoms with Crippen LogP contribution < -0.4 is 0 Å². The number of halogens is 1. The maximum Gasteiger partial charge on any atom is 0.266 e. The van der Waals surface area contributed by atoms with E-state index in [0.29, 0.717) is 12.1 Å². The number of likely N-dealkylation sites (tertiary alicyclic amines) is 1. The molecule has 1 aliphatic rings. The minimum Gasteiger partial charge on any atom is -0.386 e. The van der Waals surface area contributed by atoms with Crippen molar-refractivity contribution in [1.82, 2.24) is 4.90 Å². The highest BCUT2D eigenvalue weighted by molar-refractivity contribution is 5.94. The number of carbonyl (C=O) groups excluding carboxylic acids is 1. The molecule has 0 spiro atoms. The third-order valence-corrected chi connectivity index (χ3v) is 4.46. The van der Waals surface area contributed by atoms with E-state index >= 15 is 4.39 Å². The van der Waals surface area contributed by atoms with Crippen molar-refractivity contribution in [2.75, 3.05) is 0 Å². The van der Waals surface area contributed by atoms with Gasteiger partial charge in [0.15, 0.2) is 0 Å².